The first-order valence-electron chi connectivity index (χ1n) is 16.3. The van der Waals surface area contributed by atoms with Gasteiger partial charge >= 0.3 is 6.01 Å². The molecule has 3 fully saturated rings. The number of aryl methyl sites for hydroxylation is 1. The monoisotopic (exact) mass is 638 g/mol. The number of nitriles is 1. The van der Waals surface area contributed by atoms with E-state index in [-0.39, 0.29) is 23.2 Å². The molecule has 0 bridgehead atoms. The third kappa shape index (κ3) is 5.89. The van der Waals surface area contributed by atoms with Gasteiger partial charge in [-0.05, 0) is 57.7 Å². The molecule has 240 valence electrons. The summed E-state index contributed by atoms with van der Waals surface area (Å²) in [6.45, 7) is 12.9. The number of benzene rings is 1. The Morgan fingerprint density at radius 2 is 2.09 bits per heavy atom. The van der Waals surface area contributed by atoms with Gasteiger partial charge in [-0.2, -0.15) is 15.2 Å². The maximum Gasteiger partial charge on any atom is 0.318 e. The zero-order valence-corrected chi connectivity index (χ0v) is 27.8. The van der Waals surface area contributed by atoms with Crippen molar-refractivity contribution in [3.05, 3.63) is 60.1 Å². The van der Waals surface area contributed by atoms with Gasteiger partial charge in [0, 0.05) is 55.3 Å². The van der Waals surface area contributed by atoms with E-state index in [9.17, 15) is 10.1 Å². The Hall–Kier alpha value is -3.88. The van der Waals surface area contributed by atoms with Gasteiger partial charge in [0.05, 0.1) is 52.8 Å². The number of piperazine rings is 1. The predicted molar refractivity (Wildman–Crippen MR) is 182 cm³/mol. The molecule has 5 heterocycles. The van der Waals surface area contributed by atoms with Crippen LogP contribution < -0.4 is 14.5 Å². The van der Waals surface area contributed by atoms with E-state index < -0.39 is 0 Å². The van der Waals surface area contributed by atoms with E-state index in [0.717, 1.165) is 53.6 Å². The van der Waals surface area contributed by atoms with Crippen molar-refractivity contribution in [2.45, 2.75) is 62.2 Å². The molecule has 2 aromatic heterocycles. The first-order chi connectivity index (χ1) is 22.3. The molecule has 1 unspecified atom stereocenters. The molecule has 1 aromatic carbocycles. The highest BCUT2D eigenvalue weighted by molar-refractivity contribution is 8.08. The van der Waals surface area contributed by atoms with Crippen LogP contribution in [0.1, 0.15) is 43.0 Å². The van der Waals surface area contributed by atoms with Crippen LogP contribution in [0.5, 0.6) is 6.01 Å². The SMILES string of the molecule is C=CC(=O)N1CCN(c2nc(OCC3S[C@]3(C)N(C)CC3CC3)nc3c2CCN(c2cncc4cccc(C)c24)C3)C[C@@H]1CC#N. The predicted octanol–water partition coefficient (Wildman–Crippen LogP) is 4.57. The number of hydrogen-bond donors (Lipinski definition) is 0. The van der Waals surface area contributed by atoms with E-state index in [1.54, 1.807) is 4.90 Å². The molecule has 3 aromatic rings. The highest BCUT2D eigenvalue weighted by Gasteiger charge is 2.55. The molecular weight excluding hydrogens is 597 g/mol. The average molecular weight is 639 g/mol. The smallest absolute Gasteiger partial charge is 0.318 e. The Balaban J connectivity index is 1.18. The first-order valence-corrected chi connectivity index (χ1v) is 17.2. The quantitative estimate of drug-likeness (QED) is 0.232. The summed E-state index contributed by atoms with van der Waals surface area (Å²) in [6, 6.07) is 8.77. The lowest BCUT2D eigenvalue weighted by molar-refractivity contribution is -0.128. The van der Waals surface area contributed by atoms with Crippen LogP contribution in [0, 0.1) is 24.2 Å². The second kappa shape index (κ2) is 12.4. The van der Waals surface area contributed by atoms with Crippen LogP contribution in [0.3, 0.4) is 0 Å². The van der Waals surface area contributed by atoms with Crippen molar-refractivity contribution >= 4 is 39.9 Å². The standard InChI is InChI=1S/C35H42N8O2S/c1-5-31(44)43-16-15-42(20-26(43)11-13-36)33-27-12-14-41(29-18-37-17-25-8-6-7-23(2)32(25)29)21-28(27)38-34(39-33)45-22-30-35(3,46-30)40(4)19-24-9-10-24/h5-8,17-18,24,26,30H,1,9-12,14-16,19-22H2,2-4H3/t26-,30?,35-/m0/s1. The molecule has 10 nitrogen and oxygen atoms in total. The van der Waals surface area contributed by atoms with Gasteiger partial charge in [-0.25, -0.2) is 0 Å². The number of rotatable bonds is 10. The Bertz CT molecular complexity index is 1700. The Labute approximate surface area is 275 Å². The largest absolute Gasteiger partial charge is 0.462 e. The van der Waals surface area contributed by atoms with E-state index in [4.69, 9.17) is 14.7 Å². The normalized spacial score (nSPS) is 24.1. The van der Waals surface area contributed by atoms with Crippen molar-refractivity contribution in [2.24, 2.45) is 5.92 Å². The molecule has 46 heavy (non-hydrogen) atoms. The molecule has 3 aliphatic heterocycles. The van der Waals surface area contributed by atoms with Crippen molar-refractivity contribution in [1.29, 1.82) is 5.26 Å². The van der Waals surface area contributed by atoms with Crippen LogP contribution in [0.2, 0.25) is 0 Å². The molecule has 0 radical (unpaired) electrons. The van der Waals surface area contributed by atoms with Crippen molar-refractivity contribution in [1.82, 2.24) is 24.8 Å². The summed E-state index contributed by atoms with van der Waals surface area (Å²) in [5.41, 5.74) is 4.40. The Kier molecular flexibility index (Phi) is 8.28. The minimum absolute atomic E-state index is 0.0776. The van der Waals surface area contributed by atoms with Crippen molar-refractivity contribution < 1.29 is 9.53 Å². The zero-order chi connectivity index (χ0) is 32.0. The molecule has 1 aliphatic carbocycles. The number of carbonyl (C=O) groups is 1. The molecule has 2 saturated heterocycles. The fraction of sp³-hybridized carbons (Fsp3) is 0.514. The van der Waals surface area contributed by atoms with Crippen LogP contribution in [0.4, 0.5) is 11.5 Å². The Morgan fingerprint density at radius 1 is 1.24 bits per heavy atom. The molecular formula is C35H42N8O2S. The molecule has 0 N–H and O–H groups in total. The lowest BCUT2D eigenvalue weighted by Crippen LogP contribution is -2.55. The van der Waals surface area contributed by atoms with E-state index in [2.05, 4.69) is 71.4 Å². The van der Waals surface area contributed by atoms with E-state index >= 15 is 0 Å². The minimum atomic E-state index is -0.241. The zero-order valence-electron chi connectivity index (χ0n) is 27.0. The van der Waals surface area contributed by atoms with E-state index in [0.29, 0.717) is 44.0 Å². The third-order valence-electron chi connectivity index (χ3n) is 10.2. The molecule has 0 spiro atoms. The number of aromatic nitrogens is 3. The highest BCUT2D eigenvalue weighted by atomic mass is 32.2. The minimum Gasteiger partial charge on any atom is -0.462 e. The van der Waals surface area contributed by atoms with Gasteiger partial charge in [-0.1, -0.05) is 24.8 Å². The molecule has 1 amide bonds. The summed E-state index contributed by atoms with van der Waals surface area (Å²) in [4.78, 5) is 36.2. The van der Waals surface area contributed by atoms with Gasteiger partial charge in [-0.15, -0.1) is 11.8 Å². The van der Waals surface area contributed by atoms with Crippen LogP contribution in [-0.4, -0.2) is 93.2 Å². The first kappa shape index (κ1) is 30.8. The van der Waals surface area contributed by atoms with Crippen LogP contribution in [-0.2, 0) is 17.8 Å². The number of pyridine rings is 1. The molecule has 11 heteroatoms. The van der Waals surface area contributed by atoms with Gasteiger partial charge in [0.25, 0.3) is 0 Å². The van der Waals surface area contributed by atoms with E-state index in [1.807, 2.05) is 24.2 Å². The number of hydrogen-bond acceptors (Lipinski definition) is 10. The van der Waals surface area contributed by atoms with Crippen LogP contribution >= 0.6 is 11.8 Å². The maximum atomic E-state index is 12.6. The summed E-state index contributed by atoms with van der Waals surface area (Å²) in [6.07, 6.45) is 8.93. The Morgan fingerprint density at radius 3 is 2.87 bits per heavy atom. The molecule has 7 rings (SSSR count). The highest BCUT2D eigenvalue weighted by Crippen LogP contribution is 2.55. The fourth-order valence-corrected chi connectivity index (χ4v) is 8.24. The number of amides is 1. The summed E-state index contributed by atoms with van der Waals surface area (Å²) in [5, 5.41) is 12.3. The fourth-order valence-electron chi connectivity index (χ4n) is 7.09. The second-order valence-electron chi connectivity index (χ2n) is 13.3. The summed E-state index contributed by atoms with van der Waals surface area (Å²) in [7, 11) is 2.23. The number of fused-ring (bicyclic) bond motifs is 2. The number of nitrogens with zero attached hydrogens (tertiary/aromatic N) is 8. The van der Waals surface area contributed by atoms with E-state index in [1.165, 1.54) is 29.9 Å². The van der Waals surface area contributed by atoms with Crippen LogP contribution in [0.25, 0.3) is 10.8 Å². The van der Waals surface area contributed by atoms with Crippen molar-refractivity contribution in [3.8, 4) is 12.1 Å². The average Bonchev–Trinajstić information content (AvgIpc) is 4.00. The lowest BCUT2D eigenvalue weighted by Gasteiger charge is -2.42. The van der Waals surface area contributed by atoms with Gasteiger partial charge in [0.1, 0.15) is 12.4 Å². The molecule has 4 aliphatic rings. The lowest BCUT2D eigenvalue weighted by atomic mass is 10.0. The van der Waals surface area contributed by atoms with Crippen molar-refractivity contribution in [2.75, 3.05) is 56.2 Å². The summed E-state index contributed by atoms with van der Waals surface area (Å²) >= 11 is 1.95. The number of thioether (sulfide) groups is 1. The summed E-state index contributed by atoms with van der Waals surface area (Å²) in [5.74, 6) is 1.56. The third-order valence-corrected chi connectivity index (χ3v) is 11.9. The molecule has 3 atom stereocenters. The van der Waals surface area contributed by atoms with Gasteiger partial charge in [-0.3, -0.25) is 14.7 Å². The van der Waals surface area contributed by atoms with Gasteiger partial charge < -0.3 is 19.4 Å². The van der Waals surface area contributed by atoms with Crippen LogP contribution in [0.15, 0.2) is 43.2 Å². The van der Waals surface area contributed by atoms with Gasteiger partial charge in [0.15, 0.2) is 0 Å². The topological polar surface area (TPSA) is 102 Å². The van der Waals surface area contributed by atoms with Gasteiger partial charge in [0.2, 0.25) is 5.91 Å². The molecule has 1 saturated carbocycles. The van der Waals surface area contributed by atoms with Crippen molar-refractivity contribution in [3.63, 3.8) is 0 Å². The second-order valence-corrected chi connectivity index (χ2v) is 14.9. The number of ether oxygens (including phenoxy) is 1. The maximum absolute atomic E-state index is 12.6. The summed E-state index contributed by atoms with van der Waals surface area (Å²) < 4.78 is 6.42. The number of anilines is 2. The number of carbonyl (C=O) groups excluding carboxylic acids is 1.